The lowest BCUT2D eigenvalue weighted by Crippen LogP contribution is -2.35. The van der Waals surface area contributed by atoms with Gasteiger partial charge in [-0.25, -0.2) is 0 Å². The van der Waals surface area contributed by atoms with Gasteiger partial charge in [0, 0.05) is 12.0 Å². The summed E-state index contributed by atoms with van der Waals surface area (Å²) in [6.07, 6.45) is 1.52. The molecule has 1 N–H and O–H groups in total. The van der Waals surface area contributed by atoms with E-state index in [9.17, 15) is 14.4 Å². The van der Waals surface area contributed by atoms with Crippen LogP contribution in [0.2, 0.25) is 0 Å². The Morgan fingerprint density at radius 3 is 3.00 bits per heavy atom. The third-order valence-electron chi connectivity index (χ3n) is 5.00. The summed E-state index contributed by atoms with van der Waals surface area (Å²) in [6.45, 7) is 1.29. The SMILES string of the molecule is Cc1cc(NC(=O)COC(=O)[C@@H]2[C@@H]3C[C@@H]4[C@H]2C(=O)O[C@H]4C3)no1. The van der Waals surface area contributed by atoms with Crippen molar-refractivity contribution in [3.05, 3.63) is 11.8 Å². The molecule has 23 heavy (non-hydrogen) atoms. The number of carbonyl (C=O) groups excluding carboxylic acids is 3. The third-order valence-corrected chi connectivity index (χ3v) is 5.00. The first-order valence-corrected chi connectivity index (χ1v) is 7.63. The van der Waals surface area contributed by atoms with E-state index in [1.54, 1.807) is 13.0 Å². The third kappa shape index (κ3) is 2.29. The van der Waals surface area contributed by atoms with Crippen LogP contribution in [0.3, 0.4) is 0 Å². The Balaban J connectivity index is 1.34. The lowest BCUT2D eigenvalue weighted by atomic mass is 9.80. The van der Waals surface area contributed by atoms with Crippen molar-refractivity contribution in [3.8, 4) is 0 Å². The molecule has 2 aliphatic carbocycles. The first-order chi connectivity index (χ1) is 11.0. The zero-order valence-electron chi connectivity index (χ0n) is 12.5. The maximum Gasteiger partial charge on any atom is 0.310 e. The van der Waals surface area contributed by atoms with E-state index in [-0.39, 0.29) is 29.7 Å². The Morgan fingerprint density at radius 2 is 2.26 bits per heavy atom. The molecule has 1 aliphatic heterocycles. The van der Waals surface area contributed by atoms with Crippen LogP contribution >= 0.6 is 0 Å². The van der Waals surface area contributed by atoms with Gasteiger partial charge in [-0.2, -0.15) is 0 Å². The van der Waals surface area contributed by atoms with Crippen molar-refractivity contribution in [1.82, 2.24) is 5.16 Å². The monoisotopic (exact) mass is 320 g/mol. The highest BCUT2D eigenvalue weighted by molar-refractivity contribution is 5.92. The van der Waals surface area contributed by atoms with Crippen molar-refractivity contribution in [2.75, 3.05) is 11.9 Å². The van der Waals surface area contributed by atoms with Crippen LogP contribution < -0.4 is 5.32 Å². The van der Waals surface area contributed by atoms with Crippen LogP contribution in [-0.2, 0) is 23.9 Å². The number of esters is 2. The van der Waals surface area contributed by atoms with Crippen molar-refractivity contribution in [1.29, 1.82) is 0 Å². The number of carbonyl (C=O) groups is 3. The fourth-order valence-corrected chi connectivity index (χ4v) is 4.16. The Labute approximate surface area is 131 Å². The number of ether oxygens (including phenoxy) is 2. The number of hydrogen-bond donors (Lipinski definition) is 1. The van der Waals surface area contributed by atoms with Gasteiger partial charge in [0.15, 0.2) is 12.4 Å². The zero-order valence-corrected chi connectivity index (χ0v) is 12.5. The average Bonchev–Trinajstić information content (AvgIpc) is 3.20. The number of aryl methyl sites for hydroxylation is 1. The molecule has 0 radical (unpaired) electrons. The molecule has 5 atom stereocenters. The summed E-state index contributed by atoms with van der Waals surface area (Å²) < 4.78 is 15.2. The normalized spacial score (nSPS) is 33.6. The fraction of sp³-hybridized carbons (Fsp3) is 0.600. The first-order valence-electron chi connectivity index (χ1n) is 7.63. The van der Waals surface area contributed by atoms with Crippen LogP contribution in [0.5, 0.6) is 0 Å². The molecule has 0 spiro atoms. The number of amides is 1. The van der Waals surface area contributed by atoms with Crippen molar-refractivity contribution < 1.29 is 28.4 Å². The number of anilines is 1. The second kappa shape index (κ2) is 5.07. The highest BCUT2D eigenvalue weighted by Crippen LogP contribution is 2.57. The predicted molar refractivity (Wildman–Crippen MR) is 73.9 cm³/mol. The Hall–Kier alpha value is -2.38. The smallest absolute Gasteiger partial charge is 0.310 e. The van der Waals surface area contributed by atoms with Crippen molar-refractivity contribution >= 4 is 23.7 Å². The summed E-state index contributed by atoms with van der Waals surface area (Å²) >= 11 is 0. The fourth-order valence-electron chi connectivity index (χ4n) is 4.16. The van der Waals surface area contributed by atoms with E-state index in [1.807, 2.05) is 0 Å². The van der Waals surface area contributed by atoms with Gasteiger partial charge in [-0.3, -0.25) is 14.4 Å². The van der Waals surface area contributed by atoms with E-state index in [0.29, 0.717) is 5.76 Å². The van der Waals surface area contributed by atoms with E-state index in [1.165, 1.54) is 0 Å². The average molecular weight is 320 g/mol. The minimum Gasteiger partial charge on any atom is -0.462 e. The minimum absolute atomic E-state index is 0.0275. The molecule has 1 amide bonds. The highest BCUT2D eigenvalue weighted by Gasteiger charge is 2.64. The standard InChI is InChI=1S/C15H16N2O6/c1-6-2-10(17-23-6)16-11(18)5-21-14(19)12-7-3-8-9(4-7)22-15(20)13(8)12/h2,7-9,12-13H,3-5H2,1H3,(H,16,17,18)/t7-,8+,9+,12-,13-/m1/s1. The Morgan fingerprint density at radius 1 is 1.43 bits per heavy atom. The Kier molecular flexibility index (Phi) is 3.14. The number of hydrogen-bond acceptors (Lipinski definition) is 7. The van der Waals surface area contributed by atoms with Gasteiger partial charge < -0.3 is 19.3 Å². The van der Waals surface area contributed by atoms with E-state index in [2.05, 4.69) is 10.5 Å². The molecular weight excluding hydrogens is 304 g/mol. The van der Waals surface area contributed by atoms with Gasteiger partial charge in [-0.1, -0.05) is 5.16 Å². The summed E-state index contributed by atoms with van der Waals surface area (Å²) in [5.41, 5.74) is 0. The second-order valence-electron chi connectivity index (χ2n) is 6.40. The van der Waals surface area contributed by atoms with Crippen LogP contribution in [0.15, 0.2) is 10.6 Å². The summed E-state index contributed by atoms with van der Waals surface area (Å²) in [5.74, 6) is -1.08. The summed E-state index contributed by atoms with van der Waals surface area (Å²) in [7, 11) is 0. The molecule has 4 rings (SSSR count). The summed E-state index contributed by atoms with van der Waals surface area (Å²) in [5, 5.41) is 6.10. The molecule has 3 fully saturated rings. The first kappa shape index (κ1) is 14.2. The lowest BCUT2D eigenvalue weighted by molar-refractivity contribution is -0.157. The van der Waals surface area contributed by atoms with Crippen LogP contribution in [0.25, 0.3) is 0 Å². The molecular formula is C15H16N2O6. The van der Waals surface area contributed by atoms with Gasteiger partial charge in [-0.15, -0.1) is 0 Å². The molecule has 1 aromatic rings. The maximum absolute atomic E-state index is 12.3. The molecule has 8 heteroatoms. The number of rotatable bonds is 4. The second-order valence-corrected chi connectivity index (χ2v) is 6.40. The number of nitrogens with one attached hydrogen (secondary N) is 1. The van der Waals surface area contributed by atoms with Crippen LogP contribution in [0.4, 0.5) is 5.82 Å². The molecule has 2 heterocycles. The molecule has 0 aromatic carbocycles. The molecule has 2 bridgehead atoms. The summed E-state index contributed by atoms with van der Waals surface area (Å²) in [6, 6.07) is 1.56. The van der Waals surface area contributed by atoms with Gasteiger partial charge in [0.05, 0.1) is 11.8 Å². The predicted octanol–water partition coefficient (Wildman–Crippen LogP) is 0.662. The van der Waals surface area contributed by atoms with E-state index in [0.717, 1.165) is 12.8 Å². The van der Waals surface area contributed by atoms with Crippen molar-refractivity contribution in [2.24, 2.45) is 23.7 Å². The molecule has 1 saturated heterocycles. The van der Waals surface area contributed by atoms with E-state index < -0.39 is 30.3 Å². The van der Waals surface area contributed by atoms with Gasteiger partial charge in [0.2, 0.25) is 0 Å². The van der Waals surface area contributed by atoms with Crippen molar-refractivity contribution in [3.63, 3.8) is 0 Å². The lowest BCUT2D eigenvalue weighted by Gasteiger charge is -2.22. The quantitative estimate of drug-likeness (QED) is 0.812. The maximum atomic E-state index is 12.3. The minimum atomic E-state index is -0.498. The van der Waals surface area contributed by atoms with Gasteiger partial charge in [0.1, 0.15) is 11.9 Å². The topological polar surface area (TPSA) is 108 Å². The van der Waals surface area contributed by atoms with Gasteiger partial charge >= 0.3 is 11.9 Å². The van der Waals surface area contributed by atoms with Crippen LogP contribution in [-0.4, -0.2) is 35.7 Å². The molecule has 0 unspecified atom stereocenters. The molecule has 8 nitrogen and oxygen atoms in total. The van der Waals surface area contributed by atoms with E-state index >= 15 is 0 Å². The number of fused-ring (bicyclic) bond motifs is 1. The molecule has 2 saturated carbocycles. The van der Waals surface area contributed by atoms with Crippen LogP contribution in [0, 0.1) is 30.6 Å². The largest absolute Gasteiger partial charge is 0.462 e. The Bertz CT molecular complexity index is 681. The van der Waals surface area contributed by atoms with Crippen LogP contribution in [0.1, 0.15) is 18.6 Å². The molecule has 122 valence electrons. The molecule has 3 aliphatic rings. The van der Waals surface area contributed by atoms with E-state index in [4.69, 9.17) is 14.0 Å². The molecule has 1 aromatic heterocycles. The number of nitrogens with zero attached hydrogens (tertiary/aromatic N) is 1. The van der Waals surface area contributed by atoms with Crippen molar-refractivity contribution in [2.45, 2.75) is 25.9 Å². The summed E-state index contributed by atoms with van der Waals surface area (Å²) in [4.78, 5) is 35.9. The number of aromatic nitrogens is 1. The zero-order chi connectivity index (χ0) is 16.1. The van der Waals surface area contributed by atoms with Gasteiger partial charge in [-0.05, 0) is 25.7 Å². The van der Waals surface area contributed by atoms with Gasteiger partial charge in [0.25, 0.3) is 5.91 Å². The highest BCUT2D eigenvalue weighted by atomic mass is 16.6.